The van der Waals surface area contributed by atoms with Crippen LogP contribution in [0.15, 0.2) is 29.2 Å². The normalized spacial score (nSPS) is 14.8. The van der Waals surface area contributed by atoms with E-state index in [1.807, 2.05) is 30.1 Å². The van der Waals surface area contributed by atoms with Crippen LogP contribution in [0.25, 0.3) is 11.1 Å². The Labute approximate surface area is 192 Å². The molecule has 0 saturated carbocycles. The zero-order chi connectivity index (χ0) is 22.8. The van der Waals surface area contributed by atoms with Crippen LogP contribution in [0.4, 0.5) is 17.2 Å². The van der Waals surface area contributed by atoms with E-state index in [1.165, 1.54) is 11.3 Å². The van der Waals surface area contributed by atoms with Crippen LogP contribution < -0.4 is 21.7 Å². The smallest absolute Gasteiger partial charge is 0.275 e. The summed E-state index contributed by atoms with van der Waals surface area (Å²) < 4.78 is 1.92. The van der Waals surface area contributed by atoms with Gasteiger partial charge in [0.05, 0.1) is 17.4 Å². The molecule has 2 aromatic heterocycles. The molecular weight excluding hydrogens is 422 g/mol. The summed E-state index contributed by atoms with van der Waals surface area (Å²) in [6, 6.07) is 3.82. The van der Waals surface area contributed by atoms with Gasteiger partial charge < -0.3 is 21.7 Å². The number of aryl methyl sites for hydroxylation is 1. The van der Waals surface area contributed by atoms with Crippen molar-refractivity contribution in [2.75, 3.05) is 35.6 Å². The molecule has 1 aliphatic rings. The molecule has 9 heteroatoms. The highest BCUT2D eigenvalue weighted by molar-refractivity contribution is 7.07. The van der Waals surface area contributed by atoms with Gasteiger partial charge in [-0.2, -0.15) is 5.10 Å². The van der Waals surface area contributed by atoms with Gasteiger partial charge in [0.1, 0.15) is 11.5 Å². The van der Waals surface area contributed by atoms with Gasteiger partial charge in [-0.15, -0.1) is 11.3 Å². The molecule has 3 aromatic rings. The largest absolute Gasteiger partial charge is 0.399 e. The lowest BCUT2D eigenvalue weighted by atomic mass is 9.90. The second kappa shape index (κ2) is 9.30. The number of hydrogen-bond donors (Lipinski definition) is 3. The maximum absolute atomic E-state index is 12.9. The van der Waals surface area contributed by atoms with E-state index < -0.39 is 0 Å². The van der Waals surface area contributed by atoms with Crippen molar-refractivity contribution in [3.63, 3.8) is 0 Å². The Morgan fingerprint density at radius 1 is 1.31 bits per heavy atom. The molecule has 170 valence electrons. The predicted octanol–water partition coefficient (Wildman–Crippen LogP) is 3.68. The van der Waals surface area contributed by atoms with Crippen molar-refractivity contribution < 1.29 is 4.79 Å². The number of carbonyl (C=O) groups excluding carboxylic acids is 1. The molecule has 1 amide bonds. The van der Waals surface area contributed by atoms with E-state index in [0.717, 1.165) is 55.0 Å². The Morgan fingerprint density at radius 3 is 2.69 bits per heavy atom. The summed E-state index contributed by atoms with van der Waals surface area (Å²) in [7, 11) is 1.97. The fourth-order valence-corrected chi connectivity index (χ4v) is 4.95. The number of hydrogen-bond acceptors (Lipinski definition) is 7. The molecule has 3 heterocycles. The third-order valence-corrected chi connectivity index (χ3v) is 6.74. The fourth-order valence-electron chi connectivity index (χ4n) is 4.42. The molecule has 0 bridgehead atoms. The van der Waals surface area contributed by atoms with Crippen molar-refractivity contribution in [1.82, 2.24) is 14.8 Å². The van der Waals surface area contributed by atoms with E-state index in [0.29, 0.717) is 23.0 Å². The van der Waals surface area contributed by atoms with Crippen LogP contribution in [0.1, 0.15) is 48.7 Å². The maximum atomic E-state index is 12.9. The average Bonchev–Trinajstić information content (AvgIpc) is 3.44. The quantitative estimate of drug-likeness (QED) is 0.491. The van der Waals surface area contributed by atoms with Crippen molar-refractivity contribution in [3.8, 4) is 11.1 Å². The minimum Gasteiger partial charge on any atom is -0.399 e. The minimum atomic E-state index is -0.248. The SMILES string of the molecule is CC(C)c1cc(N)cc(NC(=O)c2cscn2)c1-c1cnn(C)c1N1CCC(CN)CC1. The molecule has 1 aliphatic heterocycles. The molecule has 4 rings (SSSR count). The van der Waals surface area contributed by atoms with Crippen LogP contribution >= 0.6 is 11.3 Å². The first-order chi connectivity index (χ1) is 15.4. The molecule has 0 radical (unpaired) electrons. The van der Waals surface area contributed by atoms with Crippen LogP contribution in [-0.4, -0.2) is 40.3 Å². The number of carbonyl (C=O) groups is 1. The summed E-state index contributed by atoms with van der Waals surface area (Å²) in [6.07, 6.45) is 4.01. The first-order valence-electron chi connectivity index (χ1n) is 11.0. The van der Waals surface area contributed by atoms with Crippen molar-refractivity contribution in [1.29, 1.82) is 0 Å². The molecule has 0 aliphatic carbocycles. The molecule has 0 unspecified atom stereocenters. The van der Waals surface area contributed by atoms with Gasteiger partial charge in [0.25, 0.3) is 5.91 Å². The first-order valence-corrected chi connectivity index (χ1v) is 11.9. The molecular formula is C23H31N7OS. The van der Waals surface area contributed by atoms with Gasteiger partial charge in [0.2, 0.25) is 0 Å². The Hall–Kier alpha value is -2.91. The second-order valence-electron chi connectivity index (χ2n) is 8.69. The van der Waals surface area contributed by atoms with E-state index >= 15 is 0 Å². The average molecular weight is 454 g/mol. The predicted molar refractivity (Wildman–Crippen MR) is 131 cm³/mol. The number of anilines is 3. The van der Waals surface area contributed by atoms with Gasteiger partial charge >= 0.3 is 0 Å². The summed E-state index contributed by atoms with van der Waals surface area (Å²) in [6.45, 7) is 6.86. The van der Waals surface area contributed by atoms with Gasteiger partial charge in [-0.05, 0) is 48.9 Å². The summed E-state index contributed by atoms with van der Waals surface area (Å²) >= 11 is 1.39. The van der Waals surface area contributed by atoms with Gasteiger partial charge in [0.15, 0.2) is 0 Å². The number of nitrogen functional groups attached to an aromatic ring is 1. The molecule has 0 atom stereocenters. The molecule has 1 saturated heterocycles. The molecule has 1 fully saturated rings. The van der Waals surface area contributed by atoms with E-state index in [1.54, 1.807) is 10.9 Å². The standard InChI is InChI=1S/C23H31N7OS/c1-14(2)17-8-16(25)9-19(28-22(31)20-12-32-13-26-20)21(17)18-11-27-29(3)23(18)30-6-4-15(10-24)5-7-30/h8-9,11-15H,4-7,10,24-25H2,1-3H3,(H,28,31). The molecule has 5 N–H and O–H groups in total. The number of nitrogens with one attached hydrogen (secondary N) is 1. The van der Waals surface area contributed by atoms with E-state index in [-0.39, 0.29) is 11.8 Å². The highest BCUT2D eigenvalue weighted by Gasteiger charge is 2.27. The van der Waals surface area contributed by atoms with Gasteiger partial charge in [0, 0.05) is 42.3 Å². The lowest BCUT2D eigenvalue weighted by Crippen LogP contribution is -2.37. The summed E-state index contributed by atoms with van der Waals surface area (Å²) in [4.78, 5) is 19.4. The minimum absolute atomic E-state index is 0.208. The highest BCUT2D eigenvalue weighted by Crippen LogP contribution is 2.42. The topological polar surface area (TPSA) is 115 Å². The molecule has 8 nitrogen and oxygen atoms in total. The van der Waals surface area contributed by atoms with Gasteiger partial charge in [-0.3, -0.25) is 9.48 Å². The summed E-state index contributed by atoms with van der Waals surface area (Å²) in [5.41, 5.74) is 18.5. The van der Waals surface area contributed by atoms with Gasteiger partial charge in [-0.1, -0.05) is 13.8 Å². The summed E-state index contributed by atoms with van der Waals surface area (Å²) in [5.74, 6) is 1.58. The van der Waals surface area contributed by atoms with Crippen LogP contribution in [0.3, 0.4) is 0 Å². The number of nitrogens with zero attached hydrogens (tertiary/aromatic N) is 4. The zero-order valence-corrected chi connectivity index (χ0v) is 19.7. The van der Waals surface area contributed by atoms with Gasteiger partial charge in [-0.25, -0.2) is 4.98 Å². The lowest BCUT2D eigenvalue weighted by Gasteiger charge is -2.34. The third-order valence-electron chi connectivity index (χ3n) is 6.15. The monoisotopic (exact) mass is 453 g/mol. The molecule has 1 aromatic carbocycles. The fraction of sp³-hybridized carbons (Fsp3) is 0.435. The third kappa shape index (κ3) is 4.35. The summed E-state index contributed by atoms with van der Waals surface area (Å²) in [5, 5.41) is 9.39. The number of amides is 1. The molecule has 0 spiro atoms. The number of aromatic nitrogens is 3. The highest BCUT2D eigenvalue weighted by atomic mass is 32.1. The Balaban J connectivity index is 1.80. The van der Waals surface area contributed by atoms with E-state index in [2.05, 4.69) is 34.1 Å². The maximum Gasteiger partial charge on any atom is 0.275 e. The van der Waals surface area contributed by atoms with Crippen LogP contribution in [0.5, 0.6) is 0 Å². The number of piperidine rings is 1. The van der Waals surface area contributed by atoms with Crippen LogP contribution in [0, 0.1) is 5.92 Å². The number of benzene rings is 1. The zero-order valence-electron chi connectivity index (χ0n) is 18.8. The van der Waals surface area contributed by atoms with Crippen molar-refractivity contribution in [2.45, 2.75) is 32.6 Å². The van der Waals surface area contributed by atoms with Crippen molar-refractivity contribution in [2.24, 2.45) is 18.7 Å². The lowest BCUT2D eigenvalue weighted by molar-refractivity contribution is 0.102. The van der Waals surface area contributed by atoms with E-state index in [9.17, 15) is 4.79 Å². The second-order valence-corrected chi connectivity index (χ2v) is 9.41. The number of rotatable bonds is 6. The Morgan fingerprint density at radius 2 is 2.06 bits per heavy atom. The van der Waals surface area contributed by atoms with Crippen LogP contribution in [0.2, 0.25) is 0 Å². The Kier molecular flexibility index (Phi) is 6.48. The van der Waals surface area contributed by atoms with Crippen molar-refractivity contribution >= 4 is 34.4 Å². The number of thiazole rings is 1. The van der Waals surface area contributed by atoms with Crippen molar-refractivity contribution in [3.05, 3.63) is 40.5 Å². The molecule has 32 heavy (non-hydrogen) atoms. The van der Waals surface area contributed by atoms with E-state index in [4.69, 9.17) is 11.5 Å². The Bertz CT molecular complexity index is 1080. The van der Waals surface area contributed by atoms with Crippen LogP contribution in [-0.2, 0) is 7.05 Å². The number of nitrogens with two attached hydrogens (primary N) is 2. The first kappa shape index (κ1) is 22.3.